The summed E-state index contributed by atoms with van der Waals surface area (Å²) in [6.07, 6.45) is 1.00. The summed E-state index contributed by atoms with van der Waals surface area (Å²) in [5.74, 6) is -0.297. The first-order valence-electron chi connectivity index (χ1n) is 5.87. The molecule has 1 unspecified atom stereocenters. The molecule has 1 aromatic heterocycles. The average molecular weight is 284 g/mol. The lowest BCUT2D eigenvalue weighted by atomic mass is 10.1. The van der Waals surface area contributed by atoms with Gasteiger partial charge in [0.1, 0.15) is 5.82 Å². The van der Waals surface area contributed by atoms with Crippen molar-refractivity contribution >= 4 is 22.9 Å². The Balaban J connectivity index is 1.89. The molecule has 0 fully saturated rings. The van der Waals surface area contributed by atoms with Gasteiger partial charge in [-0.1, -0.05) is 23.7 Å². The Morgan fingerprint density at radius 3 is 2.89 bits per heavy atom. The van der Waals surface area contributed by atoms with Gasteiger partial charge in [-0.3, -0.25) is 0 Å². The van der Waals surface area contributed by atoms with Crippen molar-refractivity contribution in [3.63, 3.8) is 0 Å². The van der Waals surface area contributed by atoms with E-state index in [0.29, 0.717) is 5.02 Å². The van der Waals surface area contributed by atoms with Crippen LogP contribution >= 0.6 is 22.9 Å². The molecule has 0 saturated carbocycles. The number of thiophene rings is 1. The molecule has 96 valence electrons. The van der Waals surface area contributed by atoms with Crippen LogP contribution in [0.2, 0.25) is 5.02 Å². The zero-order valence-corrected chi connectivity index (χ0v) is 11.7. The molecule has 1 N–H and O–H groups in total. The Bertz CT molecular complexity index is 499. The van der Waals surface area contributed by atoms with Crippen LogP contribution in [0.1, 0.15) is 23.4 Å². The molecule has 0 spiro atoms. The van der Waals surface area contributed by atoms with Gasteiger partial charge in [-0.25, -0.2) is 4.39 Å². The van der Waals surface area contributed by atoms with Crippen LogP contribution in [0.5, 0.6) is 0 Å². The highest BCUT2D eigenvalue weighted by Crippen LogP contribution is 2.23. The van der Waals surface area contributed by atoms with Crippen LogP contribution in [0.15, 0.2) is 35.7 Å². The molecule has 1 aromatic carbocycles. The van der Waals surface area contributed by atoms with Gasteiger partial charge in [-0.05, 0) is 42.5 Å². The number of hydrogen-bond donors (Lipinski definition) is 1. The van der Waals surface area contributed by atoms with Gasteiger partial charge in [0.05, 0.1) is 0 Å². The number of benzene rings is 1. The van der Waals surface area contributed by atoms with Gasteiger partial charge in [0.2, 0.25) is 0 Å². The van der Waals surface area contributed by atoms with Crippen molar-refractivity contribution in [1.82, 2.24) is 5.32 Å². The topological polar surface area (TPSA) is 12.0 Å². The number of rotatable bonds is 5. The van der Waals surface area contributed by atoms with Crippen LogP contribution in [0, 0.1) is 5.82 Å². The standard InChI is InChI=1S/C14H15ClFNS/c1-10(13-5-4-11(16)9-14(13)15)17-7-6-12-3-2-8-18-12/h2-5,8-10,17H,6-7H2,1H3. The van der Waals surface area contributed by atoms with Crippen molar-refractivity contribution in [3.8, 4) is 0 Å². The van der Waals surface area contributed by atoms with E-state index >= 15 is 0 Å². The van der Waals surface area contributed by atoms with E-state index in [1.54, 1.807) is 17.4 Å². The van der Waals surface area contributed by atoms with Gasteiger partial charge in [0, 0.05) is 22.5 Å². The molecular weight excluding hydrogens is 269 g/mol. The maximum absolute atomic E-state index is 12.9. The van der Waals surface area contributed by atoms with Crippen molar-refractivity contribution in [2.75, 3.05) is 6.54 Å². The molecule has 2 rings (SSSR count). The summed E-state index contributed by atoms with van der Waals surface area (Å²) >= 11 is 7.78. The molecule has 18 heavy (non-hydrogen) atoms. The first kappa shape index (κ1) is 13.5. The fourth-order valence-electron chi connectivity index (χ4n) is 1.83. The summed E-state index contributed by atoms with van der Waals surface area (Å²) in [4.78, 5) is 1.36. The minimum atomic E-state index is -0.297. The number of hydrogen-bond acceptors (Lipinski definition) is 2. The maximum Gasteiger partial charge on any atom is 0.124 e. The van der Waals surface area contributed by atoms with Crippen LogP contribution in [0.25, 0.3) is 0 Å². The van der Waals surface area contributed by atoms with E-state index in [1.807, 2.05) is 6.92 Å². The predicted octanol–water partition coefficient (Wildman–Crippen LogP) is 4.43. The van der Waals surface area contributed by atoms with E-state index in [4.69, 9.17) is 11.6 Å². The molecule has 0 aliphatic heterocycles. The quantitative estimate of drug-likeness (QED) is 0.856. The molecule has 2 aromatic rings. The minimum Gasteiger partial charge on any atom is -0.310 e. The number of nitrogens with one attached hydrogen (secondary N) is 1. The summed E-state index contributed by atoms with van der Waals surface area (Å²) in [6.45, 7) is 2.92. The Hall–Kier alpha value is -0.900. The highest BCUT2D eigenvalue weighted by Gasteiger charge is 2.09. The number of halogens is 2. The van der Waals surface area contributed by atoms with Crippen molar-refractivity contribution in [1.29, 1.82) is 0 Å². The summed E-state index contributed by atoms with van der Waals surface area (Å²) in [6, 6.07) is 8.84. The average Bonchev–Trinajstić information content (AvgIpc) is 2.81. The van der Waals surface area contributed by atoms with Crippen molar-refractivity contribution in [3.05, 3.63) is 57.0 Å². The van der Waals surface area contributed by atoms with E-state index in [2.05, 4.69) is 22.8 Å². The lowest BCUT2D eigenvalue weighted by Crippen LogP contribution is -2.21. The van der Waals surface area contributed by atoms with Crippen molar-refractivity contribution < 1.29 is 4.39 Å². The van der Waals surface area contributed by atoms with Gasteiger partial charge in [-0.2, -0.15) is 0 Å². The van der Waals surface area contributed by atoms with E-state index in [0.717, 1.165) is 18.5 Å². The van der Waals surface area contributed by atoms with E-state index in [9.17, 15) is 4.39 Å². The third-order valence-electron chi connectivity index (χ3n) is 2.83. The molecule has 0 aliphatic rings. The normalized spacial score (nSPS) is 12.6. The third-order valence-corrected chi connectivity index (χ3v) is 4.09. The molecule has 0 radical (unpaired) electrons. The smallest absolute Gasteiger partial charge is 0.124 e. The highest BCUT2D eigenvalue weighted by molar-refractivity contribution is 7.09. The second-order valence-electron chi connectivity index (χ2n) is 4.17. The van der Waals surface area contributed by atoms with Crippen LogP contribution < -0.4 is 5.32 Å². The van der Waals surface area contributed by atoms with Gasteiger partial charge in [0.25, 0.3) is 0 Å². The Morgan fingerprint density at radius 2 is 2.22 bits per heavy atom. The fraction of sp³-hybridized carbons (Fsp3) is 0.286. The Labute approximate surface area is 116 Å². The van der Waals surface area contributed by atoms with E-state index in [-0.39, 0.29) is 11.9 Å². The largest absolute Gasteiger partial charge is 0.310 e. The minimum absolute atomic E-state index is 0.123. The van der Waals surface area contributed by atoms with Crippen LogP contribution in [0.3, 0.4) is 0 Å². The molecule has 1 nitrogen and oxygen atoms in total. The van der Waals surface area contributed by atoms with Crippen LogP contribution in [0.4, 0.5) is 4.39 Å². The first-order valence-corrected chi connectivity index (χ1v) is 7.13. The van der Waals surface area contributed by atoms with E-state index < -0.39 is 0 Å². The van der Waals surface area contributed by atoms with Crippen molar-refractivity contribution in [2.24, 2.45) is 0 Å². The van der Waals surface area contributed by atoms with Crippen LogP contribution in [-0.4, -0.2) is 6.54 Å². The molecule has 1 heterocycles. The molecule has 1 atom stereocenters. The lowest BCUT2D eigenvalue weighted by molar-refractivity contribution is 0.575. The fourth-order valence-corrected chi connectivity index (χ4v) is 2.87. The Morgan fingerprint density at radius 1 is 1.39 bits per heavy atom. The summed E-state index contributed by atoms with van der Waals surface area (Å²) in [5, 5.41) is 5.95. The zero-order valence-electron chi connectivity index (χ0n) is 10.1. The lowest BCUT2D eigenvalue weighted by Gasteiger charge is -2.15. The maximum atomic E-state index is 12.9. The van der Waals surface area contributed by atoms with Crippen molar-refractivity contribution in [2.45, 2.75) is 19.4 Å². The van der Waals surface area contributed by atoms with Gasteiger partial charge in [-0.15, -0.1) is 11.3 Å². The molecular formula is C14H15ClFNS. The van der Waals surface area contributed by atoms with E-state index in [1.165, 1.54) is 17.0 Å². The van der Waals surface area contributed by atoms with Gasteiger partial charge in [0.15, 0.2) is 0 Å². The van der Waals surface area contributed by atoms with Gasteiger partial charge >= 0.3 is 0 Å². The molecule has 0 bridgehead atoms. The third kappa shape index (κ3) is 3.55. The second-order valence-corrected chi connectivity index (χ2v) is 5.61. The van der Waals surface area contributed by atoms with Crippen LogP contribution in [-0.2, 0) is 6.42 Å². The highest BCUT2D eigenvalue weighted by atomic mass is 35.5. The molecule has 4 heteroatoms. The summed E-state index contributed by atoms with van der Waals surface area (Å²) in [5.41, 5.74) is 0.934. The molecule has 0 amide bonds. The SMILES string of the molecule is CC(NCCc1cccs1)c1ccc(F)cc1Cl. The second kappa shape index (κ2) is 6.32. The molecule has 0 aliphatic carbocycles. The Kier molecular flexibility index (Phi) is 4.75. The summed E-state index contributed by atoms with van der Waals surface area (Å²) < 4.78 is 12.9. The first-order chi connectivity index (χ1) is 8.66. The zero-order chi connectivity index (χ0) is 13.0. The summed E-state index contributed by atoms with van der Waals surface area (Å²) in [7, 11) is 0. The molecule has 0 saturated heterocycles. The predicted molar refractivity (Wildman–Crippen MR) is 75.9 cm³/mol. The van der Waals surface area contributed by atoms with Gasteiger partial charge < -0.3 is 5.32 Å². The monoisotopic (exact) mass is 283 g/mol.